The molecule has 2 aliphatic heterocycles. The monoisotopic (exact) mass is 276 g/mol. The van der Waals surface area contributed by atoms with Crippen molar-refractivity contribution in [3.63, 3.8) is 0 Å². The van der Waals surface area contributed by atoms with Gasteiger partial charge in [-0.3, -0.25) is 9.63 Å². The maximum atomic E-state index is 12.2. The first kappa shape index (κ1) is 13.8. The fraction of sp³-hybridized carbons (Fsp3) is 0.909. The molecular formula is C11H20N2O4S. The lowest BCUT2D eigenvalue weighted by molar-refractivity contribution is -0.202. The number of carbonyl (C=O) groups is 1. The van der Waals surface area contributed by atoms with Gasteiger partial charge in [0.2, 0.25) is 10.0 Å². The van der Waals surface area contributed by atoms with E-state index < -0.39 is 10.0 Å². The average molecular weight is 276 g/mol. The molecule has 2 aliphatic rings. The minimum absolute atomic E-state index is 0.0666. The molecule has 0 bridgehead atoms. The van der Waals surface area contributed by atoms with Gasteiger partial charge in [-0.25, -0.2) is 17.8 Å². The fourth-order valence-electron chi connectivity index (χ4n) is 2.42. The second-order valence-corrected chi connectivity index (χ2v) is 6.92. The SMILES string of the molecule is CS(=O)(=O)N1CCCC(C(=O)N2CCCCO2)C1. The molecule has 2 saturated heterocycles. The smallest absolute Gasteiger partial charge is 0.250 e. The second kappa shape index (κ2) is 5.54. The molecule has 2 fully saturated rings. The Balaban J connectivity index is 1.97. The summed E-state index contributed by atoms with van der Waals surface area (Å²) in [4.78, 5) is 17.5. The van der Waals surface area contributed by atoms with Crippen molar-refractivity contribution in [3.05, 3.63) is 0 Å². The molecule has 0 aliphatic carbocycles. The highest BCUT2D eigenvalue weighted by Gasteiger charge is 2.33. The van der Waals surface area contributed by atoms with Crippen molar-refractivity contribution in [1.29, 1.82) is 0 Å². The highest BCUT2D eigenvalue weighted by molar-refractivity contribution is 7.88. The van der Waals surface area contributed by atoms with Gasteiger partial charge in [0.05, 0.1) is 18.8 Å². The van der Waals surface area contributed by atoms with E-state index in [2.05, 4.69) is 0 Å². The molecule has 0 aromatic heterocycles. The molecule has 18 heavy (non-hydrogen) atoms. The lowest BCUT2D eigenvalue weighted by Gasteiger charge is -2.34. The number of amides is 1. The Morgan fingerprint density at radius 1 is 1.22 bits per heavy atom. The zero-order chi connectivity index (χ0) is 13.2. The van der Waals surface area contributed by atoms with Gasteiger partial charge in [-0.1, -0.05) is 0 Å². The minimum Gasteiger partial charge on any atom is -0.272 e. The van der Waals surface area contributed by atoms with E-state index in [9.17, 15) is 13.2 Å². The van der Waals surface area contributed by atoms with Gasteiger partial charge >= 0.3 is 0 Å². The maximum absolute atomic E-state index is 12.2. The van der Waals surface area contributed by atoms with E-state index in [1.54, 1.807) is 0 Å². The van der Waals surface area contributed by atoms with E-state index in [-0.39, 0.29) is 18.4 Å². The molecule has 0 spiro atoms. The summed E-state index contributed by atoms with van der Waals surface area (Å²) in [7, 11) is -3.20. The van der Waals surface area contributed by atoms with Gasteiger partial charge in [-0.05, 0) is 25.7 Å². The standard InChI is InChI=1S/C11H20N2O4S/c1-18(15,16)12-6-4-5-10(9-12)11(14)13-7-2-3-8-17-13/h10H,2-9H2,1H3. The molecule has 6 nitrogen and oxygen atoms in total. The van der Waals surface area contributed by atoms with Crippen molar-refractivity contribution in [3.8, 4) is 0 Å². The van der Waals surface area contributed by atoms with E-state index in [0.717, 1.165) is 25.7 Å². The van der Waals surface area contributed by atoms with Gasteiger partial charge in [-0.15, -0.1) is 0 Å². The van der Waals surface area contributed by atoms with Crippen LogP contribution >= 0.6 is 0 Å². The molecule has 0 radical (unpaired) electrons. The molecule has 2 rings (SSSR count). The van der Waals surface area contributed by atoms with Crippen molar-refractivity contribution >= 4 is 15.9 Å². The molecule has 1 unspecified atom stereocenters. The Bertz CT molecular complexity index is 403. The first-order valence-electron chi connectivity index (χ1n) is 6.38. The summed E-state index contributed by atoms with van der Waals surface area (Å²) in [6.07, 6.45) is 4.59. The first-order chi connectivity index (χ1) is 8.48. The summed E-state index contributed by atoms with van der Waals surface area (Å²) in [6.45, 7) is 2.00. The Morgan fingerprint density at radius 2 is 2.00 bits per heavy atom. The highest BCUT2D eigenvalue weighted by Crippen LogP contribution is 2.22. The molecule has 0 saturated carbocycles. The molecule has 2 heterocycles. The van der Waals surface area contributed by atoms with Crippen LogP contribution in [0.15, 0.2) is 0 Å². The van der Waals surface area contributed by atoms with Crippen molar-refractivity contribution in [2.45, 2.75) is 25.7 Å². The number of sulfonamides is 1. The normalized spacial score (nSPS) is 27.2. The van der Waals surface area contributed by atoms with Crippen molar-refractivity contribution in [2.24, 2.45) is 5.92 Å². The number of hydroxylamine groups is 2. The fourth-order valence-corrected chi connectivity index (χ4v) is 3.33. The van der Waals surface area contributed by atoms with Crippen LogP contribution < -0.4 is 0 Å². The number of piperidine rings is 1. The van der Waals surface area contributed by atoms with Gasteiger partial charge in [0.1, 0.15) is 0 Å². The zero-order valence-electron chi connectivity index (χ0n) is 10.7. The van der Waals surface area contributed by atoms with Crippen LogP contribution in [0.25, 0.3) is 0 Å². The molecule has 0 aromatic rings. The summed E-state index contributed by atoms with van der Waals surface area (Å²) in [5.74, 6) is -0.324. The molecule has 104 valence electrons. The van der Waals surface area contributed by atoms with E-state index >= 15 is 0 Å². The number of hydrogen-bond acceptors (Lipinski definition) is 4. The zero-order valence-corrected chi connectivity index (χ0v) is 11.5. The van der Waals surface area contributed by atoms with Gasteiger partial charge in [0.25, 0.3) is 5.91 Å². The van der Waals surface area contributed by atoms with Crippen LogP contribution in [0.5, 0.6) is 0 Å². The largest absolute Gasteiger partial charge is 0.272 e. The minimum atomic E-state index is -3.20. The summed E-state index contributed by atoms with van der Waals surface area (Å²) in [5, 5.41) is 1.42. The highest BCUT2D eigenvalue weighted by atomic mass is 32.2. The number of nitrogens with zero attached hydrogens (tertiary/aromatic N) is 2. The summed E-state index contributed by atoms with van der Waals surface area (Å²) in [5.41, 5.74) is 0. The van der Waals surface area contributed by atoms with E-state index in [0.29, 0.717) is 19.7 Å². The third kappa shape index (κ3) is 3.21. The Kier molecular flexibility index (Phi) is 4.24. The Morgan fingerprint density at radius 3 is 2.61 bits per heavy atom. The number of hydrogen-bond donors (Lipinski definition) is 0. The summed E-state index contributed by atoms with van der Waals surface area (Å²) in [6, 6.07) is 0. The number of rotatable bonds is 2. The van der Waals surface area contributed by atoms with Gasteiger partial charge in [0, 0.05) is 19.6 Å². The molecular weight excluding hydrogens is 256 g/mol. The Labute approximate surface area is 108 Å². The molecule has 0 aromatic carbocycles. The quantitative estimate of drug-likeness (QED) is 0.723. The molecule has 7 heteroatoms. The average Bonchev–Trinajstić information content (AvgIpc) is 2.38. The summed E-state index contributed by atoms with van der Waals surface area (Å²) >= 11 is 0. The van der Waals surface area contributed by atoms with E-state index in [1.807, 2.05) is 0 Å². The summed E-state index contributed by atoms with van der Waals surface area (Å²) < 4.78 is 24.4. The third-order valence-electron chi connectivity index (χ3n) is 3.45. The van der Waals surface area contributed by atoms with Gasteiger partial charge in [-0.2, -0.15) is 0 Å². The van der Waals surface area contributed by atoms with Crippen LogP contribution in [-0.4, -0.2) is 56.2 Å². The maximum Gasteiger partial charge on any atom is 0.250 e. The van der Waals surface area contributed by atoms with Crippen molar-refractivity contribution in [1.82, 2.24) is 9.37 Å². The van der Waals surface area contributed by atoms with Crippen LogP contribution in [0.4, 0.5) is 0 Å². The first-order valence-corrected chi connectivity index (χ1v) is 8.23. The second-order valence-electron chi connectivity index (χ2n) is 4.94. The van der Waals surface area contributed by atoms with Gasteiger partial charge in [0.15, 0.2) is 0 Å². The van der Waals surface area contributed by atoms with Gasteiger partial charge < -0.3 is 0 Å². The van der Waals surface area contributed by atoms with Crippen LogP contribution in [0, 0.1) is 5.92 Å². The number of carbonyl (C=O) groups excluding carboxylic acids is 1. The van der Waals surface area contributed by atoms with Crippen molar-refractivity contribution < 1.29 is 18.0 Å². The van der Waals surface area contributed by atoms with Crippen LogP contribution in [0.3, 0.4) is 0 Å². The third-order valence-corrected chi connectivity index (χ3v) is 4.72. The van der Waals surface area contributed by atoms with Crippen LogP contribution in [0.1, 0.15) is 25.7 Å². The van der Waals surface area contributed by atoms with Crippen molar-refractivity contribution in [2.75, 3.05) is 32.5 Å². The molecule has 1 atom stereocenters. The predicted molar refractivity (Wildman–Crippen MR) is 66.0 cm³/mol. The predicted octanol–water partition coefficient (Wildman–Crippen LogP) is 0.212. The molecule has 0 N–H and O–H groups in total. The van der Waals surface area contributed by atoms with Crippen LogP contribution in [-0.2, 0) is 19.7 Å². The van der Waals surface area contributed by atoms with E-state index in [1.165, 1.54) is 15.6 Å². The topological polar surface area (TPSA) is 66.9 Å². The molecule has 1 amide bonds. The Hall–Kier alpha value is -0.660. The van der Waals surface area contributed by atoms with E-state index in [4.69, 9.17) is 4.84 Å². The lowest BCUT2D eigenvalue weighted by Crippen LogP contribution is -2.47. The van der Waals surface area contributed by atoms with Crippen LogP contribution in [0.2, 0.25) is 0 Å². The lowest BCUT2D eigenvalue weighted by atomic mass is 9.98.